The van der Waals surface area contributed by atoms with Crippen LogP contribution in [0.15, 0.2) is 23.1 Å². The summed E-state index contributed by atoms with van der Waals surface area (Å²) in [7, 11) is 0. The molecule has 2 nitrogen and oxygen atoms in total. The quantitative estimate of drug-likeness (QED) is 0.649. The molecule has 0 amide bonds. The van der Waals surface area contributed by atoms with E-state index in [2.05, 4.69) is 0 Å². The second-order valence-electron chi connectivity index (χ2n) is 1.87. The van der Waals surface area contributed by atoms with Crippen LogP contribution in [0.5, 0.6) is 0 Å². The van der Waals surface area contributed by atoms with Crippen molar-refractivity contribution in [2.24, 2.45) is 5.14 Å². The lowest BCUT2D eigenvalue weighted by Crippen LogP contribution is -1.86. The van der Waals surface area contributed by atoms with Crippen LogP contribution in [0.2, 0.25) is 0 Å². The van der Waals surface area contributed by atoms with E-state index in [1.807, 2.05) is 6.07 Å². The number of halogens is 1. The molecule has 4 heteroatoms. The molecule has 0 saturated carbocycles. The molecule has 0 saturated heterocycles. The molecule has 0 aromatic heterocycles. The fraction of sp³-hybridized carbons (Fsp3) is 0. The van der Waals surface area contributed by atoms with Crippen molar-refractivity contribution in [3.63, 3.8) is 0 Å². The standard InChI is InChI=1S/C7H5FN2S/c8-6-3-5(4-9)1-2-7(6)11-10/h1-3H,10H2. The van der Waals surface area contributed by atoms with Crippen molar-refractivity contribution in [1.29, 1.82) is 5.26 Å². The van der Waals surface area contributed by atoms with Gasteiger partial charge in [-0.25, -0.2) is 4.39 Å². The van der Waals surface area contributed by atoms with Gasteiger partial charge in [0.2, 0.25) is 0 Å². The van der Waals surface area contributed by atoms with Gasteiger partial charge in [-0.1, -0.05) is 0 Å². The first-order valence-electron chi connectivity index (χ1n) is 2.84. The highest BCUT2D eigenvalue weighted by molar-refractivity contribution is 7.97. The molecule has 0 spiro atoms. The van der Waals surface area contributed by atoms with Crippen molar-refractivity contribution in [3.05, 3.63) is 29.6 Å². The Labute approximate surface area is 68.0 Å². The summed E-state index contributed by atoms with van der Waals surface area (Å²) < 4.78 is 12.8. The molecule has 1 aromatic carbocycles. The Morgan fingerprint density at radius 2 is 2.27 bits per heavy atom. The fourth-order valence-electron chi connectivity index (χ4n) is 0.666. The third-order valence-electron chi connectivity index (χ3n) is 1.19. The van der Waals surface area contributed by atoms with Crippen molar-refractivity contribution in [1.82, 2.24) is 0 Å². The van der Waals surface area contributed by atoms with Gasteiger partial charge in [0.05, 0.1) is 16.5 Å². The van der Waals surface area contributed by atoms with Crippen LogP contribution in [0.3, 0.4) is 0 Å². The molecule has 0 heterocycles. The number of hydrogen-bond donors (Lipinski definition) is 1. The number of nitrogens with zero attached hydrogens (tertiary/aromatic N) is 1. The van der Waals surface area contributed by atoms with E-state index in [1.54, 1.807) is 0 Å². The van der Waals surface area contributed by atoms with Crippen LogP contribution in [0, 0.1) is 17.1 Å². The molecule has 0 radical (unpaired) electrons. The lowest BCUT2D eigenvalue weighted by molar-refractivity contribution is 0.601. The van der Waals surface area contributed by atoms with Gasteiger partial charge in [0.25, 0.3) is 0 Å². The molecule has 1 rings (SSSR count). The lowest BCUT2D eigenvalue weighted by atomic mass is 10.2. The average Bonchev–Trinajstić information content (AvgIpc) is 2.04. The maximum Gasteiger partial charge on any atom is 0.139 e. The number of hydrogen-bond acceptors (Lipinski definition) is 3. The summed E-state index contributed by atoms with van der Waals surface area (Å²) in [6.07, 6.45) is 0. The maximum atomic E-state index is 12.8. The van der Waals surface area contributed by atoms with Crippen LogP contribution in [0.4, 0.5) is 4.39 Å². The first-order valence-corrected chi connectivity index (χ1v) is 3.72. The molecule has 0 aliphatic rings. The minimum absolute atomic E-state index is 0.306. The van der Waals surface area contributed by atoms with Crippen molar-refractivity contribution in [2.45, 2.75) is 4.90 Å². The predicted molar refractivity (Wildman–Crippen MR) is 41.2 cm³/mol. The summed E-state index contributed by atoms with van der Waals surface area (Å²) >= 11 is 0.830. The average molecular weight is 168 g/mol. The van der Waals surface area contributed by atoms with Gasteiger partial charge in [-0.2, -0.15) is 5.26 Å². The van der Waals surface area contributed by atoms with E-state index in [0.717, 1.165) is 18.0 Å². The minimum atomic E-state index is -0.448. The molecule has 56 valence electrons. The number of benzene rings is 1. The normalized spacial score (nSPS) is 9.18. The van der Waals surface area contributed by atoms with E-state index in [4.69, 9.17) is 10.4 Å². The van der Waals surface area contributed by atoms with E-state index in [1.165, 1.54) is 12.1 Å². The molecule has 0 fully saturated rings. The second kappa shape index (κ2) is 3.37. The van der Waals surface area contributed by atoms with Crippen LogP contribution in [-0.2, 0) is 0 Å². The highest BCUT2D eigenvalue weighted by Gasteiger charge is 2.00. The molecule has 0 atom stereocenters. The molecule has 1 aromatic rings. The Morgan fingerprint density at radius 1 is 1.55 bits per heavy atom. The van der Waals surface area contributed by atoms with Crippen molar-refractivity contribution >= 4 is 11.9 Å². The summed E-state index contributed by atoms with van der Waals surface area (Å²) in [5.74, 6) is -0.448. The first-order chi connectivity index (χ1) is 5.27. The number of nitriles is 1. The Morgan fingerprint density at radius 3 is 2.73 bits per heavy atom. The van der Waals surface area contributed by atoms with E-state index in [0.29, 0.717) is 10.5 Å². The van der Waals surface area contributed by atoms with Gasteiger partial charge in [-0.05, 0) is 30.1 Å². The molecule has 0 aliphatic carbocycles. The smallest absolute Gasteiger partial charge is 0.139 e. The Bertz CT molecular complexity index is 306. The minimum Gasteiger partial charge on any atom is -0.274 e. The molecular weight excluding hydrogens is 163 g/mol. The van der Waals surface area contributed by atoms with Gasteiger partial charge >= 0.3 is 0 Å². The van der Waals surface area contributed by atoms with Crippen molar-refractivity contribution < 1.29 is 4.39 Å². The zero-order valence-corrected chi connectivity index (χ0v) is 6.36. The van der Waals surface area contributed by atoms with E-state index >= 15 is 0 Å². The summed E-state index contributed by atoms with van der Waals surface area (Å²) in [5, 5.41) is 13.5. The lowest BCUT2D eigenvalue weighted by Gasteiger charge is -1.96. The SMILES string of the molecule is N#Cc1ccc(SN)c(F)c1. The molecule has 0 unspecified atom stereocenters. The van der Waals surface area contributed by atoms with Gasteiger partial charge in [0.1, 0.15) is 5.82 Å². The van der Waals surface area contributed by atoms with E-state index in [9.17, 15) is 4.39 Å². The highest BCUT2D eigenvalue weighted by atomic mass is 32.2. The number of rotatable bonds is 1. The predicted octanol–water partition coefficient (Wildman–Crippen LogP) is 1.66. The maximum absolute atomic E-state index is 12.8. The van der Waals surface area contributed by atoms with Gasteiger partial charge in [-0.15, -0.1) is 0 Å². The Hall–Kier alpha value is -1.05. The van der Waals surface area contributed by atoms with Crippen LogP contribution >= 0.6 is 11.9 Å². The van der Waals surface area contributed by atoms with Crippen LogP contribution in [0.25, 0.3) is 0 Å². The zero-order valence-electron chi connectivity index (χ0n) is 5.54. The van der Waals surface area contributed by atoms with Crippen molar-refractivity contribution in [2.75, 3.05) is 0 Å². The summed E-state index contributed by atoms with van der Waals surface area (Å²) in [5.41, 5.74) is 0.306. The Balaban J connectivity index is 3.12. The Kier molecular flexibility index (Phi) is 2.47. The highest BCUT2D eigenvalue weighted by Crippen LogP contribution is 2.17. The summed E-state index contributed by atoms with van der Waals surface area (Å²) in [6.45, 7) is 0. The fourth-order valence-corrected chi connectivity index (χ4v) is 0.984. The monoisotopic (exact) mass is 168 g/mol. The second-order valence-corrected chi connectivity index (χ2v) is 2.55. The van der Waals surface area contributed by atoms with Gasteiger partial charge in [0, 0.05) is 0 Å². The van der Waals surface area contributed by atoms with Gasteiger partial charge < -0.3 is 0 Å². The van der Waals surface area contributed by atoms with Gasteiger partial charge in [0.15, 0.2) is 0 Å². The molecule has 2 N–H and O–H groups in total. The van der Waals surface area contributed by atoms with Crippen LogP contribution < -0.4 is 5.14 Å². The molecular formula is C7H5FN2S. The van der Waals surface area contributed by atoms with Gasteiger partial charge in [-0.3, -0.25) is 5.14 Å². The molecule has 0 aliphatic heterocycles. The van der Waals surface area contributed by atoms with E-state index < -0.39 is 5.82 Å². The molecule has 11 heavy (non-hydrogen) atoms. The van der Waals surface area contributed by atoms with E-state index in [-0.39, 0.29) is 0 Å². The number of nitrogens with two attached hydrogens (primary N) is 1. The third kappa shape index (κ3) is 1.70. The van der Waals surface area contributed by atoms with Crippen molar-refractivity contribution in [3.8, 4) is 6.07 Å². The third-order valence-corrected chi connectivity index (χ3v) is 1.77. The zero-order chi connectivity index (χ0) is 8.27. The summed E-state index contributed by atoms with van der Waals surface area (Å²) in [4.78, 5) is 0.351. The largest absolute Gasteiger partial charge is 0.274 e. The molecule has 0 bridgehead atoms. The van der Waals surface area contributed by atoms with Crippen LogP contribution in [-0.4, -0.2) is 0 Å². The summed E-state index contributed by atoms with van der Waals surface area (Å²) in [6, 6.07) is 6.00. The first kappa shape index (κ1) is 8.05. The topological polar surface area (TPSA) is 49.8 Å². The van der Waals surface area contributed by atoms with Crippen LogP contribution in [0.1, 0.15) is 5.56 Å².